The van der Waals surface area contributed by atoms with Crippen LogP contribution in [-0.2, 0) is 17.1 Å². The molecule has 3 heterocycles. The Kier molecular flexibility index (Phi) is 2.72. The fourth-order valence-corrected chi connectivity index (χ4v) is 5.10. The molecule has 7 heteroatoms. The molecule has 100 valence electrons. The monoisotopic (exact) mass is 270 g/mol. The summed E-state index contributed by atoms with van der Waals surface area (Å²) < 4.78 is 28.4. The second kappa shape index (κ2) is 4.04. The summed E-state index contributed by atoms with van der Waals surface area (Å²) in [4.78, 5) is 0.289. The summed E-state index contributed by atoms with van der Waals surface area (Å²) in [5, 5.41) is 3.95. The van der Waals surface area contributed by atoms with Crippen molar-refractivity contribution in [1.29, 1.82) is 0 Å². The highest BCUT2D eigenvalue weighted by molar-refractivity contribution is 7.89. The number of sulfonamides is 1. The van der Waals surface area contributed by atoms with Crippen molar-refractivity contribution in [3.8, 4) is 0 Å². The summed E-state index contributed by atoms with van der Waals surface area (Å²) in [6.45, 7) is 0. The highest BCUT2D eigenvalue weighted by atomic mass is 32.2. The van der Waals surface area contributed by atoms with Crippen LogP contribution in [0.15, 0.2) is 17.3 Å². The van der Waals surface area contributed by atoms with Gasteiger partial charge in [0.2, 0.25) is 10.0 Å². The van der Waals surface area contributed by atoms with Crippen molar-refractivity contribution in [3.63, 3.8) is 0 Å². The lowest BCUT2D eigenvalue weighted by Crippen LogP contribution is -2.49. The van der Waals surface area contributed by atoms with Crippen LogP contribution in [0.4, 0.5) is 0 Å². The molecule has 1 aromatic rings. The Balaban J connectivity index is 1.96. The Labute approximate surface area is 107 Å². The third-order valence-corrected chi connectivity index (χ3v) is 5.92. The van der Waals surface area contributed by atoms with Gasteiger partial charge in [-0.25, -0.2) is 8.42 Å². The van der Waals surface area contributed by atoms with Gasteiger partial charge < -0.3 is 5.73 Å². The molecule has 0 saturated carbocycles. The molecular weight excluding hydrogens is 252 g/mol. The van der Waals surface area contributed by atoms with Gasteiger partial charge in [-0.1, -0.05) is 0 Å². The van der Waals surface area contributed by atoms with Crippen LogP contribution in [-0.4, -0.2) is 40.6 Å². The zero-order valence-electron chi connectivity index (χ0n) is 10.4. The first-order valence-corrected chi connectivity index (χ1v) is 7.70. The highest BCUT2D eigenvalue weighted by Gasteiger charge is 2.46. The quantitative estimate of drug-likeness (QED) is 0.824. The van der Waals surface area contributed by atoms with Crippen molar-refractivity contribution >= 4 is 10.0 Å². The standard InChI is InChI=1S/C11H18N4O2S/c1-14-7-11(6-13-14)18(16,17)15-9-2-3-10(15)5-8(12)4-9/h6-10H,2-5,12H2,1H3. The molecule has 0 amide bonds. The maximum absolute atomic E-state index is 12.6. The van der Waals surface area contributed by atoms with Crippen LogP contribution in [0.2, 0.25) is 0 Å². The van der Waals surface area contributed by atoms with E-state index in [0.29, 0.717) is 0 Å². The lowest BCUT2D eigenvalue weighted by Gasteiger charge is -2.36. The van der Waals surface area contributed by atoms with Gasteiger partial charge >= 0.3 is 0 Å². The first kappa shape index (κ1) is 12.1. The number of fused-ring (bicyclic) bond motifs is 2. The van der Waals surface area contributed by atoms with Crippen molar-refractivity contribution in [1.82, 2.24) is 14.1 Å². The zero-order chi connectivity index (χ0) is 12.9. The number of hydrogen-bond donors (Lipinski definition) is 1. The van der Waals surface area contributed by atoms with E-state index in [4.69, 9.17) is 5.73 Å². The predicted molar refractivity (Wildman–Crippen MR) is 66.3 cm³/mol. The maximum atomic E-state index is 12.6. The van der Waals surface area contributed by atoms with E-state index >= 15 is 0 Å². The molecule has 18 heavy (non-hydrogen) atoms. The Morgan fingerprint density at radius 2 is 1.94 bits per heavy atom. The van der Waals surface area contributed by atoms with Crippen molar-refractivity contribution in [2.45, 2.75) is 48.7 Å². The maximum Gasteiger partial charge on any atom is 0.246 e. The minimum Gasteiger partial charge on any atom is -0.328 e. The number of aryl methyl sites for hydroxylation is 1. The second-order valence-corrected chi connectivity index (χ2v) is 7.14. The van der Waals surface area contributed by atoms with E-state index in [0.717, 1.165) is 25.7 Å². The van der Waals surface area contributed by atoms with Gasteiger partial charge in [0.25, 0.3) is 0 Å². The van der Waals surface area contributed by atoms with E-state index in [-0.39, 0.29) is 23.0 Å². The molecule has 2 aliphatic heterocycles. The van der Waals surface area contributed by atoms with Gasteiger partial charge in [0.05, 0.1) is 6.20 Å². The van der Waals surface area contributed by atoms with Gasteiger partial charge in [0.15, 0.2) is 0 Å². The Bertz CT molecular complexity index is 539. The van der Waals surface area contributed by atoms with Crippen LogP contribution in [0, 0.1) is 0 Å². The minimum atomic E-state index is -3.41. The molecule has 2 fully saturated rings. The van der Waals surface area contributed by atoms with Gasteiger partial charge in [-0.05, 0) is 25.7 Å². The van der Waals surface area contributed by atoms with Crippen LogP contribution in [0.5, 0.6) is 0 Å². The molecular formula is C11H18N4O2S. The molecule has 6 nitrogen and oxygen atoms in total. The van der Waals surface area contributed by atoms with Crippen molar-refractivity contribution < 1.29 is 8.42 Å². The molecule has 2 N–H and O–H groups in total. The summed E-state index contributed by atoms with van der Waals surface area (Å²) in [6, 6.07) is 0.288. The van der Waals surface area contributed by atoms with Crippen molar-refractivity contribution in [2.75, 3.05) is 0 Å². The topological polar surface area (TPSA) is 81.2 Å². The summed E-state index contributed by atoms with van der Waals surface area (Å²) >= 11 is 0. The molecule has 2 saturated heterocycles. The van der Waals surface area contributed by atoms with Crippen molar-refractivity contribution in [2.24, 2.45) is 12.8 Å². The normalized spacial score (nSPS) is 32.9. The minimum absolute atomic E-state index is 0.0731. The lowest BCUT2D eigenvalue weighted by atomic mass is 10.0. The Hall–Kier alpha value is -0.920. The third-order valence-electron chi connectivity index (χ3n) is 3.96. The molecule has 2 bridgehead atoms. The molecule has 0 aromatic carbocycles. The fraction of sp³-hybridized carbons (Fsp3) is 0.727. The highest BCUT2D eigenvalue weighted by Crippen LogP contribution is 2.39. The molecule has 0 spiro atoms. The van der Waals surface area contributed by atoms with E-state index in [1.807, 2.05) is 0 Å². The van der Waals surface area contributed by atoms with E-state index < -0.39 is 10.0 Å². The predicted octanol–water partition coefficient (Wildman–Crippen LogP) is 0.0629. The average Bonchev–Trinajstić information content (AvgIpc) is 2.83. The van der Waals surface area contributed by atoms with E-state index in [9.17, 15) is 8.42 Å². The number of rotatable bonds is 2. The van der Waals surface area contributed by atoms with Gasteiger partial charge in [0, 0.05) is 31.4 Å². The number of hydrogen-bond acceptors (Lipinski definition) is 4. The van der Waals surface area contributed by atoms with E-state index in [1.165, 1.54) is 10.9 Å². The van der Waals surface area contributed by atoms with Gasteiger partial charge in [-0.2, -0.15) is 9.40 Å². The second-order valence-electron chi connectivity index (χ2n) is 5.30. The van der Waals surface area contributed by atoms with Crippen LogP contribution < -0.4 is 5.73 Å². The number of aromatic nitrogens is 2. The molecule has 0 radical (unpaired) electrons. The summed E-state index contributed by atoms with van der Waals surface area (Å²) in [6.07, 6.45) is 6.38. The first-order chi connectivity index (χ1) is 8.48. The average molecular weight is 270 g/mol. The molecule has 1 aromatic heterocycles. The van der Waals surface area contributed by atoms with E-state index in [2.05, 4.69) is 5.10 Å². The van der Waals surface area contributed by atoms with Gasteiger partial charge in [-0.15, -0.1) is 0 Å². The molecule has 0 aliphatic carbocycles. The largest absolute Gasteiger partial charge is 0.328 e. The summed E-state index contributed by atoms with van der Waals surface area (Å²) in [7, 11) is -1.68. The SMILES string of the molecule is Cn1cc(S(=O)(=O)N2C3CCC2CC(N)C3)cn1. The summed E-state index contributed by atoms with van der Waals surface area (Å²) in [5.41, 5.74) is 5.97. The van der Waals surface area contributed by atoms with Crippen molar-refractivity contribution in [3.05, 3.63) is 12.4 Å². The molecule has 3 rings (SSSR count). The van der Waals surface area contributed by atoms with Crippen LogP contribution >= 0.6 is 0 Å². The van der Waals surface area contributed by atoms with Crippen LogP contribution in [0.3, 0.4) is 0 Å². The zero-order valence-corrected chi connectivity index (χ0v) is 11.2. The lowest BCUT2D eigenvalue weighted by molar-refractivity contribution is 0.227. The number of piperidine rings is 1. The number of nitrogens with zero attached hydrogens (tertiary/aromatic N) is 3. The fourth-order valence-electron chi connectivity index (χ4n) is 3.22. The smallest absolute Gasteiger partial charge is 0.246 e. The summed E-state index contributed by atoms with van der Waals surface area (Å²) in [5.74, 6) is 0. The first-order valence-electron chi connectivity index (χ1n) is 6.26. The molecule has 2 unspecified atom stereocenters. The molecule has 2 atom stereocenters. The Morgan fingerprint density at radius 3 is 2.44 bits per heavy atom. The van der Waals surface area contributed by atoms with Crippen LogP contribution in [0.1, 0.15) is 25.7 Å². The van der Waals surface area contributed by atoms with Crippen LogP contribution in [0.25, 0.3) is 0 Å². The van der Waals surface area contributed by atoms with Gasteiger partial charge in [0.1, 0.15) is 4.90 Å². The molecule has 2 aliphatic rings. The van der Waals surface area contributed by atoms with Gasteiger partial charge in [-0.3, -0.25) is 4.68 Å². The Morgan fingerprint density at radius 1 is 1.33 bits per heavy atom. The third kappa shape index (κ3) is 1.77. The van der Waals surface area contributed by atoms with E-state index in [1.54, 1.807) is 17.5 Å². The number of nitrogens with two attached hydrogens (primary N) is 1.